The number of nitrogen functional groups attached to an aromatic ring is 1. The van der Waals surface area contributed by atoms with E-state index >= 15 is 0 Å². The van der Waals surface area contributed by atoms with Gasteiger partial charge >= 0.3 is 5.69 Å². The molecular formula is C5H7N3OSn. The molecule has 10 heavy (non-hydrogen) atoms. The normalized spacial score (nSPS) is 8.50. The van der Waals surface area contributed by atoms with E-state index in [2.05, 4.69) is 9.97 Å². The third-order valence-electron chi connectivity index (χ3n) is 1.04. The van der Waals surface area contributed by atoms with Gasteiger partial charge in [0, 0.05) is 35.7 Å². The number of rotatable bonds is 0. The molecule has 0 amide bonds. The van der Waals surface area contributed by atoms with Crippen molar-refractivity contribution in [2.24, 2.45) is 0 Å². The molecule has 5 heteroatoms. The maximum atomic E-state index is 10.4. The van der Waals surface area contributed by atoms with Crippen LogP contribution in [0.2, 0.25) is 0 Å². The van der Waals surface area contributed by atoms with Gasteiger partial charge in [-0.05, 0) is 6.92 Å². The zero-order chi connectivity index (χ0) is 6.85. The van der Waals surface area contributed by atoms with Crippen LogP contribution >= 0.6 is 0 Å². The van der Waals surface area contributed by atoms with Crippen LogP contribution in [-0.2, 0) is 0 Å². The van der Waals surface area contributed by atoms with Gasteiger partial charge in [0.2, 0.25) is 0 Å². The van der Waals surface area contributed by atoms with Crippen molar-refractivity contribution in [1.29, 1.82) is 0 Å². The van der Waals surface area contributed by atoms with Crippen molar-refractivity contribution in [3.8, 4) is 0 Å². The molecule has 4 nitrogen and oxygen atoms in total. The standard InChI is InChI=1S/C5H7N3O.Sn/c1-3-2-7-5(9)8-4(3)6;/h2H,1H3,(H3,6,7,8,9);. The first-order valence-electron chi connectivity index (χ1n) is 2.52. The Hall–Kier alpha value is -0.521. The summed E-state index contributed by atoms with van der Waals surface area (Å²) in [5.41, 5.74) is 5.67. The molecule has 0 fully saturated rings. The number of nitrogens with one attached hydrogen (secondary N) is 1. The van der Waals surface area contributed by atoms with Crippen LogP contribution in [0.4, 0.5) is 5.82 Å². The maximum Gasteiger partial charge on any atom is 0.346 e. The summed E-state index contributed by atoms with van der Waals surface area (Å²) in [6.07, 6.45) is 1.53. The van der Waals surface area contributed by atoms with E-state index in [0.29, 0.717) is 5.82 Å². The van der Waals surface area contributed by atoms with Crippen LogP contribution < -0.4 is 11.4 Å². The maximum absolute atomic E-state index is 10.4. The SMILES string of the molecule is Cc1c[nH]c(=O)nc1N.[Sn]. The number of anilines is 1. The fraction of sp³-hybridized carbons (Fsp3) is 0.200. The summed E-state index contributed by atoms with van der Waals surface area (Å²) in [5, 5.41) is 0. The number of hydrogen-bond donors (Lipinski definition) is 2. The molecule has 0 atom stereocenters. The van der Waals surface area contributed by atoms with Crippen molar-refractivity contribution in [2.45, 2.75) is 6.92 Å². The molecule has 1 rings (SSSR count). The van der Waals surface area contributed by atoms with Crippen LogP contribution in [0.15, 0.2) is 11.0 Å². The molecule has 1 aromatic heterocycles. The molecule has 0 aliphatic carbocycles. The van der Waals surface area contributed by atoms with Crippen molar-refractivity contribution >= 4 is 29.7 Å². The zero-order valence-corrected chi connectivity index (χ0v) is 8.36. The molecule has 1 heterocycles. The average molecular weight is 244 g/mol. The van der Waals surface area contributed by atoms with E-state index in [1.165, 1.54) is 6.20 Å². The summed E-state index contributed by atoms with van der Waals surface area (Å²) < 4.78 is 0. The molecule has 0 saturated heterocycles. The number of aromatic amines is 1. The third-order valence-corrected chi connectivity index (χ3v) is 1.04. The van der Waals surface area contributed by atoms with Crippen LogP contribution in [-0.4, -0.2) is 33.9 Å². The summed E-state index contributed by atoms with van der Waals surface area (Å²) in [6, 6.07) is 0. The number of H-pyrrole nitrogens is 1. The molecule has 0 unspecified atom stereocenters. The van der Waals surface area contributed by atoms with E-state index in [0.717, 1.165) is 5.56 Å². The van der Waals surface area contributed by atoms with Gasteiger partial charge in [0.25, 0.3) is 0 Å². The predicted molar refractivity (Wildman–Crippen MR) is 39.8 cm³/mol. The van der Waals surface area contributed by atoms with Crippen LogP contribution in [0, 0.1) is 6.92 Å². The van der Waals surface area contributed by atoms with E-state index in [-0.39, 0.29) is 23.9 Å². The number of nitrogens with two attached hydrogens (primary N) is 1. The second-order valence-electron chi connectivity index (χ2n) is 1.77. The number of hydrogen-bond acceptors (Lipinski definition) is 3. The Morgan fingerprint density at radius 2 is 2.30 bits per heavy atom. The van der Waals surface area contributed by atoms with Crippen LogP contribution in [0.5, 0.6) is 0 Å². The van der Waals surface area contributed by atoms with Crippen molar-refractivity contribution in [1.82, 2.24) is 9.97 Å². The summed E-state index contributed by atoms with van der Waals surface area (Å²) >= 11 is 0. The molecule has 3 N–H and O–H groups in total. The van der Waals surface area contributed by atoms with E-state index in [9.17, 15) is 4.79 Å². The van der Waals surface area contributed by atoms with Gasteiger partial charge in [-0.3, -0.25) is 0 Å². The van der Waals surface area contributed by atoms with Crippen molar-refractivity contribution in [3.05, 3.63) is 22.2 Å². The van der Waals surface area contributed by atoms with Gasteiger partial charge in [0.15, 0.2) is 0 Å². The van der Waals surface area contributed by atoms with E-state index in [1.54, 1.807) is 6.92 Å². The summed E-state index contributed by atoms with van der Waals surface area (Å²) in [7, 11) is 0. The molecule has 0 spiro atoms. The van der Waals surface area contributed by atoms with Crippen molar-refractivity contribution in [3.63, 3.8) is 0 Å². The predicted octanol–water partition coefficient (Wildman–Crippen LogP) is -0.720. The molecule has 4 radical (unpaired) electrons. The quantitative estimate of drug-likeness (QED) is 0.591. The van der Waals surface area contributed by atoms with Crippen molar-refractivity contribution in [2.75, 3.05) is 5.73 Å². The molecule has 0 aliphatic heterocycles. The molecule has 52 valence electrons. The van der Waals surface area contributed by atoms with Crippen LogP contribution in [0.25, 0.3) is 0 Å². The fourth-order valence-electron chi connectivity index (χ4n) is 0.474. The minimum Gasteiger partial charge on any atom is -0.383 e. The Bertz CT molecular complexity index is 270. The van der Waals surface area contributed by atoms with Gasteiger partial charge in [-0.25, -0.2) is 4.79 Å². The van der Waals surface area contributed by atoms with Crippen LogP contribution in [0.3, 0.4) is 0 Å². The van der Waals surface area contributed by atoms with Gasteiger partial charge < -0.3 is 10.7 Å². The Labute approximate surface area is 74.8 Å². The molecule has 0 aliphatic rings. The molecule has 0 saturated carbocycles. The van der Waals surface area contributed by atoms with Crippen molar-refractivity contribution < 1.29 is 0 Å². The topological polar surface area (TPSA) is 71.8 Å². The van der Waals surface area contributed by atoms with Crippen LogP contribution in [0.1, 0.15) is 5.56 Å². The number of aryl methyl sites for hydroxylation is 1. The van der Waals surface area contributed by atoms with Gasteiger partial charge in [0.05, 0.1) is 0 Å². The van der Waals surface area contributed by atoms with Gasteiger partial charge in [-0.2, -0.15) is 4.98 Å². The number of aromatic nitrogens is 2. The first-order valence-corrected chi connectivity index (χ1v) is 2.52. The van der Waals surface area contributed by atoms with Gasteiger partial charge in [0.1, 0.15) is 5.82 Å². The number of nitrogens with zero attached hydrogens (tertiary/aromatic N) is 1. The minimum absolute atomic E-state index is 0. The largest absolute Gasteiger partial charge is 0.383 e. The van der Waals surface area contributed by atoms with Gasteiger partial charge in [-0.1, -0.05) is 0 Å². The summed E-state index contributed by atoms with van der Waals surface area (Å²) in [6.45, 7) is 1.78. The van der Waals surface area contributed by atoms with Gasteiger partial charge in [-0.15, -0.1) is 0 Å². The van der Waals surface area contributed by atoms with E-state index in [1.807, 2.05) is 0 Å². The average Bonchev–Trinajstić information content (AvgIpc) is 1.80. The Morgan fingerprint density at radius 1 is 1.70 bits per heavy atom. The second-order valence-corrected chi connectivity index (χ2v) is 1.77. The Kier molecular flexibility index (Phi) is 3.41. The third kappa shape index (κ3) is 2.02. The molecular weight excluding hydrogens is 237 g/mol. The van der Waals surface area contributed by atoms with E-state index in [4.69, 9.17) is 5.73 Å². The fourth-order valence-corrected chi connectivity index (χ4v) is 0.474. The first kappa shape index (κ1) is 9.48. The second kappa shape index (κ2) is 3.60. The Balaban J connectivity index is 0.000000810. The smallest absolute Gasteiger partial charge is 0.346 e. The molecule has 1 aromatic rings. The van der Waals surface area contributed by atoms with E-state index < -0.39 is 5.69 Å². The minimum atomic E-state index is -0.405. The first-order chi connectivity index (χ1) is 4.20. The molecule has 0 aromatic carbocycles. The Morgan fingerprint density at radius 3 is 2.70 bits per heavy atom. The summed E-state index contributed by atoms with van der Waals surface area (Å²) in [4.78, 5) is 16.2. The zero-order valence-electron chi connectivity index (χ0n) is 5.51. The molecule has 0 bridgehead atoms. The summed E-state index contributed by atoms with van der Waals surface area (Å²) in [5.74, 6) is 0.291. The monoisotopic (exact) mass is 245 g/mol.